The van der Waals surface area contributed by atoms with Gasteiger partial charge in [0, 0.05) is 17.2 Å². The molecule has 0 saturated heterocycles. The molecule has 0 amide bonds. The van der Waals surface area contributed by atoms with Crippen molar-refractivity contribution in [3.05, 3.63) is 107 Å². The molecule has 0 heterocycles. The van der Waals surface area contributed by atoms with Crippen molar-refractivity contribution in [2.75, 3.05) is 13.2 Å². The van der Waals surface area contributed by atoms with Crippen molar-refractivity contribution in [1.82, 2.24) is 0 Å². The number of nitrogens with zero attached hydrogens (tertiary/aromatic N) is 1. The minimum Gasteiger partial charge on any atom is -0.494 e. The van der Waals surface area contributed by atoms with Gasteiger partial charge in [0.15, 0.2) is 11.6 Å². The Morgan fingerprint density at radius 2 is 1.47 bits per heavy atom. The first-order valence-electron chi connectivity index (χ1n) is 12.0. The highest BCUT2D eigenvalue weighted by Crippen LogP contribution is 2.21. The number of benzene rings is 3. The Bertz CT molecular complexity index is 1360. The van der Waals surface area contributed by atoms with Crippen molar-refractivity contribution in [1.29, 1.82) is 5.26 Å². The highest BCUT2D eigenvalue weighted by atomic mass is 19.1. The minimum atomic E-state index is -0.705. The van der Waals surface area contributed by atoms with E-state index >= 15 is 0 Å². The maximum Gasteiger partial charge on any atom is 0.343 e. The zero-order valence-corrected chi connectivity index (χ0v) is 20.7. The van der Waals surface area contributed by atoms with Gasteiger partial charge in [0.2, 0.25) is 0 Å². The van der Waals surface area contributed by atoms with Gasteiger partial charge in [-0.25, -0.2) is 14.0 Å². The van der Waals surface area contributed by atoms with Crippen LogP contribution in [-0.4, -0.2) is 25.2 Å². The number of carbonyl (C=O) groups is 2. The van der Waals surface area contributed by atoms with Crippen molar-refractivity contribution in [3.63, 3.8) is 0 Å². The smallest absolute Gasteiger partial charge is 0.343 e. The Hall–Kier alpha value is -4.88. The predicted octanol–water partition coefficient (Wildman–Crippen LogP) is 5.98. The molecule has 192 valence electrons. The molecule has 38 heavy (non-hydrogen) atoms. The molecule has 3 aromatic rings. The summed E-state index contributed by atoms with van der Waals surface area (Å²) < 4.78 is 30.3. The average molecular weight is 512 g/mol. The van der Waals surface area contributed by atoms with Gasteiger partial charge in [0.25, 0.3) is 0 Å². The van der Waals surface area contributed by atoms with E-state index in [1.807, 2.05) is 6.07 Å². The zero-order chi connectivity index (χ0) is 27.2. The summed E-state index contributed by atoms with van der Waals surface area (Å²) in [5.74, 6) is 4.36. The van der Waals surface area contributed by atoms with Crippen molar-refractivity contribution in [3.8, 4) is 29.4 Å². The average Bonchev–Trinajstić information content (AvgIpc) is 2.95. The number of carbonyl (C=O) groups excluding carboxylic acids is 2. The summed E-state index contributed by atoms with van der Waals surface area (Å²) >= 11 is 0. The van der Waals surface area contributed by atoms with E-state index in [2.05, 4.69) is 18.4 Å². The normalized spacial score (nSPS) is 9.89. The lowest BCUT2D eigenvalue weighted by molar-refractivity contribution is -0.137. The molecule has 0 spiro atoms. The van der Waals surface area contributed by atoms with Gasteiger partial charge < -0.3 is 14.2 Å². The molecule has 0 atom stereocenters. The highest BCUT2D eigenvalue weighted by Gasteiger charge is 2.12. The van der Waals surface area contributed by atoms with Crippen LogP contribution in [0.3, 0.4) is 0 Å². The SMILES string of the molecule is C=CC(=O)OCCCCCCOc1ccc(C(=O)Oc2ccc(C#Cc3ccc(C#N)cc3)cc2F)cc1. The van der Waals surface area contributed by atoms with E-state index < -0.39 is 17.8 Å². The summed E-state index contributed by atoms with van der Waals surface area (Å²) in [6.45, 7) is 4.24. The third-order valence-corrected chi connectivity index (χ3v) is 5.31. The Morgan fingerprint density at radius 1 is 0.842 bits per heavy atom. The quantitative estimate of drug-likeness (QED) is 0.103. The first-order chi connectivity index (χ1) is 18.5. The van der Waals surface area contributed by atoms with Crippen LogP contribution in [0.1, 0.15) is 52.7 Å². The Kier molecular flexibility index (Phi) is 10.7. The molecular formula is C31H26FNO5. The molecule has 0 aliphatic carbocycles. The van der Waals surface area contributed by atoms with Gasteiger partial charge >= 0.3 is 11.9 Å². The van der Waals surface area contributed by atoms with Crippen LogP contribution in [0.2, 0.25) is 0 Å². The van der Waals surface area contributed by atoms with Crippen LogP contribution in [0.15, 0.2) is 79.4 Å². The van der Waals surface area contributed by atoms with Crippen LogP contribution in [-0.2, 0) is 9.53 Å². The molecule has 0 unspecified atom stereocenters. The number of halogens is 1. The van der Waals surface area contributed by atoms with E-state index in [-0.39, 0.29) is 11.3 Å². The molecular weight excluding hydrogens is 485 g/mol. The van der Waals surface area contributed by atoms with E-state index in [9.17, 15) is 14.0 Å². The molecule has 0 radical (unpaired) electrons. The van der Waals surface area contributed by atoms with Gasteiger partial charge in [-0.1, -0.05) is 18.4 Å². The molecule has 6 nitrogen and oxygen atoms in total. The fourth-order valence-electron chi connectivity index (χ4n) is 3.26. The lowest BCUT2D eigenvalue weighted by Gasteiger charge is -2.08. The summed E-state index contributed by atoms with van der Waals surface area (Å²) in [6.07, 6.45) is 4.62. The van der Waals surface area contributed by atoms with Crippen LogP contribution < -0.4 is 9.47 Å². The van der Waals surface area contributed by atoms with Gasteiger partial charge in [0.05, 0.1) is 30.4 Å². The van der Waals surface area contributed by atoms with Crippen LogP contribution in [0.25, 0.3) is 0 Å². The topological polar surface area (TPSA) is 85.6 Å². The van der Waals surface area contributed by atoms with Crippen molar-refractivity contribution in [2.45, 2.75) is 25.7 Å². The number of rotatable bonds is 11. The molecule has 0 aliphatic heterocycles. The molecule has 0 aliphatic rings. The monoisotopic (exact) mass is 511 g/mol. The molecule has 0 fully saturated rings. The number of nitriles is 1. The minimum absolute atomic E-state index is 0.196. The third kappa shape index (κ3) is 8.96. The molecule has 0 bridgehead atoms. The molecule has 3 aromatic carbocycles. The molecule has 3 rings (SSSR count). The van der Waals surface area contributed by atoms with Crippen LogP contribution in [0.4, 0.5) is 4.39 Å². The van der Waals surface area contributed by atoms with E-state index in [1.165, 1.54) is 12.1 Å². The van der Waals surface area contributed by atoms with Crippen LogP contribution >= 0.6 is 0 Å². The third-order valence-electron chi connectivity index (χ3n) is 5.31. The summed E-state index contributed by atoms with van der Waals surface area (Å²) in [6, 6.07) is 19.3. The number of hydrogen-bond acceptors (Lipinski definition) is 6. The number of hydrogen-bond donors (Lipinski definition) is 0. The highest BCUT2D eigenvalue weighted by molar-refractivity contribution is 5.91. The largest absolute Gasteiger partial charge is 0.494 e. The lowest BCUT2D eigenvalue weighted by atomic mass is 10.1. The number of unbranched alkanes of at least 4 members (excludes halogenated alkanes) is 3. The predicted molar refractivity (Wildman–Crippen MR) is 140 cm³/mol. The maximum atomic E-state index is 14.5. The van der Waals surface area contributed by atoms with Crippen molar-refractivity contribution in [2.24, 2.45) is 0 Å². The first-order valence-corrected chi connectivity index (χ1v) is 12.0. The Labute approximate surface area is 221 Å². The summed E-state index contributed by atoms with van der Waals surface area (Å²) in [4.78, 5) is 23.4. The van der Waals surface area contributed by atoms with Gasteiger partial charge in [-0.2, -0.15) is 5.26 Å². The first kappa shape index (κ1) is 27.7. The fourth-order valence-corrected chi connectivity index (χ4v) is 3.26. The second kappa shape index (κ2) is 14.6. The molecule has 0 saturated carbocycles. The molecule has 7 heteroatoms. The second-order valence-electron chi connectivity index (χ2n) is 8.13. The summed E-state index contributed by atoms with van der Waals surface area (Å²) in [7, 11) is 0. The van der Waals surface area contributed by atoms with Crippen LogP contribution in [0, 0.1) is 29.0 Å². The Morgan fingerprint density at radius 3 is 2.13 bits per heavy atom. The Balaban J connectivity index is 1.44. The molecule has 0 N–H and O–H groups in total. The maximum absolute atomic E-state index is 14.5. The van der Waals surface area contributed by atoms with Crippen LogP contribution in [0.5, 0.6) is 11.5 Å². The molecule has 0 aromatic heterocycles. The van der Waals surface area contributed by atoms with E-state index in [0.29, 0.717) is 35.7 Å². The lowest BCUT2D eigenvalue weighted by Crippen LogP contribution is -2.09. The van der Waals surface area contributed by atoms with Gasteiger partial charge in [-0.3, -0.25) is 0 Å². The number of ether oxygens (including phenoxy) is 3. The van der Waals surface area contributed by atoms with E-state index in [0.717, 1.165) is 31.8 Å². The van der Waals surface area contributed by atoms with E-state index in [1.54, 1.807) is 54.6 Å². The standard InChI is InChI=1S/C31H26FNO5/c1-2-30(34)37-20-6-4-3-5-19-36-27-16-14-26(15-17-27)31(35)38-29-18-13-24(21-28(29)32)10-7-23-8-11-25(22-33)12-9-23/h2,8-9,11-18,21H,1,3-6,19-20H2. The van der Waals surface area contributed by atoms with Gasteiger partial charge in [-0.05, 0) is 92.4 Å². The van der Waals surface area contributed by atoms with Gasteiger partial charge in [0.1, 0.15) is 5.75 Å². The van der Waals surface area contributed by atoms with Crippen molar-refractivity contribution < 1.29 is 28.2 Å². The van der Waals surface area contributed by atoms with E-state index in [4.69, 9.17) is 19.5 Å². The summed E-state index contributed by atoms with van der Waals surface area (Å²) in [5.41, 5.74) is 1.90. The summed E-state index contributed by atoms with van der Waals surface area (Å²) in [5, 5.41) is 8.84. The zero-order valence-electron chi connectivity index (χ0n) is 20.7. The fraction of sp³-hybridized carbons (Fsp3) is 0.194. The van der Waals surface area contributed by atoms with Crippen molar-refractivity contribution >= 4 is 11.9 Å². The van der Waals surface area contributed by atoms with Gasteiger partial charge in [-0.15, -0.1) is 0 Å². The number of esters is 2. The second-order valence-corrected chi connectivity index (χ2v) is 8.13.